The van der Waals surface area contributed by atoms with Gasteiger partial charge >= 0.3 is 0 Å². The second-order valence-corrected chi connectivity index (χ2v) is 7.83. The first-order valence-corrected chi connectivity index (χ1v) is 10.9. The molecule has 0 amide bonds. The Morgan fingerprint density at radius 1 is 1.13 bits per heavy atom. The van der Waals surface area contributed by atoms with Crippen LogP contribution >= 0.6 is 0 Å². The lowest BCUT2D eigenvalue weighted by Gasteiger charge is -2.25. The number of pyridine rings is 2. The van der Waals surface area contributed by atoms with Crippen LogP contribution in [0.4, 0.5) is 5.82 Å². The molecular weight excluding hydrogens is 368 g/mol. The second-order valence-electron chi connectivity index (χ2n) is 7.83. The highest BCUT2D eigenvalue weighted by Gasteiger charge is 2.20. The molecule has 0 radical (unpaired) electrons. The Hall–Kier alpha value is -3.14. The molecular formula is C26H30N4. The van der Waals surface area contributed by atoms with E-state index >= 15 is 0 Å². The fourth-order valence-corrected chi connectivity index (χ4v) is 4.35. The minimum absolute atomic E-state index is 0.921. The highest BCUT2D eigenvalue weighted by molar-refractivity contribution is 6.03. The molecule has 154 valence electrons. The normalized spacial score (nSPS) is 13.8. The zero-order valence-electron chi connectivity index (χ0n) is 18.0. The third kappa shape index (κ3) is 3.82. The van der Waals surface area contributed by atoms with Crippen molar-refractivity contribution in [2.24, 2.45) is 0 Å². The minimum atomic E-state index is 0.921. The molecule has 4 rings (SSSR count). The molecule has 0 unspecified atom stereocenters. The van der Waals surface area contributed by atoms with E-state index in [1.807, 2.05) is 24.5 Å². The van der Waals surface area contributed by atoms with Crippen molar-refractivity contribution in [2.75, 3.05) is 18.0 Å². The number of nitrogens with zero attached hydrogens (tertiary/aromatic N) is 3. The largest absolute Gasteiger partial charge is 0.356 e. The molecule has 0 fully saturated rings. The Morgan fingerprint density at radius 2 is 2.03 bits per heavy atom. The molecule has 0 bridgehead atoms. The van der Waals surface area contributed by atoms with Crippen LogP contribution in [0, 0.1) is 0 Å². The van der Waals surface area contributed by atoms with Crippen molar-refractivity contribution in [2.45, 2.75) is 39.5 Å². The predicted molar refractivity (Wildman–Crippen MR) is 128 cm³/mol. The number of anilines is 1. The van der Waals surface area contributed by atoms with E-state index in [1.165, 1.54) is 27.7 Å². The van der Waals surface area contributed by atoms with Crippen LogP contribution in [0.3, 0.4) is 0 Å². The Kier molecular flexibility index (Phi) is 6.12. The van der Waals surface area contributed by atoms with E-state index in [1.54, 1.807) is 0 Å². The Labute approximate surface area is 179 Å². The quantitative estimate of drug-likeness (QED) is 0.438. The first-order valence-electron chi connectivity index (χ1n) is 10.9. The van der Waals surface area contributed by atoms with Crippen LogP contribution in [0.2, 0.25) is 0 Å². The first kappa shape index (κ1) is 20.1. The van der Waals surface area contributed by atoms with Gasteiger partial charge < -0.3 is 9.88 Å². The number of aromatic nitrogens is 3. The molecule has 30 heavy (non-hydrogen) atoms. The lowest BCUT2D eigenvalue weighted by molar-refractivity contribution is 0.754. The fraction of sp³-hybridized carbons (Fsp3) is 0.308. The van der Waals surface area contributed by atoms with Crippen LogP contribution in [-0.2, 0) is 0 Å². The van der Waals surface area contributed by atoms with Gasteiger partial charge in [-0.3, -0.25) is 0 Å². The van der Waals surface area contributed by atoms with Crippen molar-refractivity contribution < 1.29 is 0 Å². The maximum absolute atomic E-state index is 4.80. The lowest BCUT2D eigenvalue weighted by atomic mass is 9.89. The summed E-state index contributed by atoms with van der Waals surface area (Å²) in [5.74, 6) is 1.03. The number of hydrogen-bond acceptors (Lipinski definition) is 3. The molecule has 3 heterocycles. The average molecular weight is 399 g/mol. The number of fused-ring (bicyclic) bond motifs is 1. The molecule has 3 aromatic heterocycles. The summed E-state index contributed by atoms with van der Waals surface area (Å²) in [5.41, 5.74) is 7.28. The number of rotatable bonds is 8. The highest BCUT2D eigenvalue weighted by atomic mass is 15.2. The Morgan fingerprint density at radius 3 is 2.83 bits per heavy atom. The molecule has 0 atom stereocenters. The van der Waals surface area contributed by atoms with E-state index < -0.39 is 0 Å². The van der Waals surface area contributed by atoms with E-state index in [0.29, 0.717) is 0 Å². The summed E-state index contributed by atoms with van der Waals surface area (Å²) in [7, 11) is 0. The molecule has 0 saturated carbocycles. The first-order chi connectivity index (χ1) is 14.7. The van der Waals surface area contributed by atoms with Crippen molar-refractivity contribution in [3.63, 3.8) is 0 Å². The summed E-state index contributed by atoms with van der Waals surface area (Å²) < 4.78 is 0. The van der Waals surface area contributed by atoms with Gasteiger partial charge in [0, 0.05) is 48.2 Å². The summed E-state index contributed by atoms with van der Waals surface area (Å²) in [6.07, 6.45) is 16.5. The smallest absolute Gasteiger partial charge is 0.138 e. The average Bonchev–Trinajstić information content (AvgIpc) is 3.21. The summed E-state index contributed by atoms with van der Waals surface area (Å²) in [4.78, 5) is 15.2. The van der Waals surface area contributed by atoms with Crippen LogP contribution in [0.1, 0.15) is 45.1 Å². The molecule has 0 aliphatic heterocycles. The number of allylic oxidation sites excluding steroid dienone is 4. The molecule has 1 aliphatic rings. The van der Waals surface area contributed by atoms with E-state index in [9.17, 15) is 0 Å². The third-order valence-corrected chi connectivity index (χ3v) is 5.78. The number of nitrogens with one attached hydrogen (secondary N) is 1. The fourth-order valence-electron chi connectivity index (χ4n) is 4.35. The summed E-state index contributed by atoms with van der Waals surface area (Å²) in [5, 5.41) is 1.19. The van der Waals surface area contributed by atoms with Crippen molar-refractivity contribution in [3.05, 3.63) is 72.7 Å². The molecule has 1 aliphatic carbocycles. The summed E-state index contributed by atoms with van der Waals surface area (Å²) >= 11 is 0. The van der Waals surface area contributed by atoms with Crippen LogP contribution in [-0.4, -0.2) is 28.0 Å². The van der Waals surface area contributed by atoms with E-state index in [4.69, 9.17) is 4.98 Å². The van der Waals surface area contributed by atoms with Gasteiger partial charge in [0.1, 0.15) is 11.5 Å². The van der Waals surface area contributed by atoms with Gasteiger partial charge in [-0.25, -0.2) is 9.97 Å². The number of H-pyrrole nitrogens is 1. The molecule has 0 aromatic carbocycles. The molecule has 3 aromatic rings. The minimum Gasteiger partial charge on any atom is -0.356 e. The second kappa shape index (κ2) is 9.12. The third-order valence-electron chi connectivity index (χ3n) is 5.78. The van der Waals surface area contributed by atoms with Gasteiger partial charge in [0.25, 0.3) is 0 Å². The standard InChI is InChI=1S/C26H30N4/c1-4-6-17-30(16-5-2)26-22(12-9-14-28-26)23-18-29-25-24(23)21(13-15-27-25)20-11-8-7-10-19(20)3/h4,7,9-10,12-15,18H,1,5-6,8,11,16-17H2,2-3H3,(H,27,29). The molecule has 0 spiro atoms. The van der Waals surface area contributed by atoms with Crippen LogP contribution in [0.5, 0.6) is 0 Å². The van der Waals surface area contributed by atoms with E-state index in [2.05, 4.69) is 65.8 Å². The topological polar surface area (TPSA) is 44.8 Å². The van der Waals surface area contributed by atoms with Crippen molar-refractivity contribution >= 4 is 22.4 Å². The molecule has 1 N–H and O–H groups in total. The van der Waals surface area contributed by atoms with Crippen LogP contribution in [0.25, 0.3) is 27.7 Å². The maximum atomic E-state index is 4.80. The highest BCUT2D eigenvalue weighted by Crippen LogP contribution is 2.40. The van der Waals surface area contributed by atoms with Gasteiger partial charge in [-0.2, -0.15) is 0 Å². The molecule has 4 heteroatoms. The number of aromatic amines is 1. The number of hydrogen-bond donors (Lipinski definition) is 1. The van der Waals surface area contributed by atoms with Crippen LogP contribution in [0.15, 0.2) is 67.2 Å². The van der Waals surface area contributed by atoms with Gasteiger partial charge in [-0.05, 0) is 67.5 Å². The van der Waals surface area contributed by atoms with E-state index in [0.717, 1.165) is 55.8 Å². The lowest BCUT2D eigenvalue weighted by Crippen LogP contribution is -2.26. The van der Waals surface area contributed by atoms with Gasteiger partial charge in [-0.1, -0.05) is 25.2 Å². The molecule has 0 saturated heterocycles. The summed E-state index contributed by atoms with van der Waals surface area (Å²) in [6.45, 7) is 10.2. The monoisotopic (exact) mass is 398 g/mol. The van der Waals surface area contributed by atoms with Crippen molar-refractivity contribution in [1.82, 2.24) is 15.0 Å². The zero-order valence-corrected chi connectivity index (χ0v) is 18.0. The SMILES string of the molecule is C=CCCN(CCC)c1ncccc1-c1c[nH]c2nccc(C3=C(C)C=CCC3)c12. The van der Waals surface area contributed by atoms with E-state index in [-0.39, 0.29) is 0 Å². The van der Waals surface area contributed by atoms with Crippen LogP contribution < -0.4 is 4.90 Å². The zero-order chi connectivity index (χ0) is 20.9. The van der Waals surface area contributed by atoms with Gasteiger partial charge in [0.05, 0.1) is 0 Å². The van der Waals surface area contributed by atoms with Crippen molar-refractivity contribution in [1.29, 1.82) is 0 Å². The van der Waals surface area contributed by atoms with Crippen molar-refractivity contribution in [3.8, 4) is 11.1 Å². The summed E-state index contributed by atoms with van der Waals surface area (Å²) in [6, 6.07) is 6.37. The Bertz CT molecular complexity index is 1100. The van der Waals surface area contributed by atoms with Gasteiger partial charge in [0.15, 0.2) is 0 Å². The van der Waals surface area contributed by atoms with Gasteiger partial charge in [0.2, 0.25) is 0 Å². The maximum Gasteiger partial charge on any atom is 0.138 e. The van der Waals surface area contributed by atoms with Gasteiger partial charge in [-0.15, -0.1) is 6.58 Å². The molecule has 4 nitrogen and oxygen atoms in total. The Balaban J connectivity index is 1.89. The predicted octanol–water partition coefficient (Wildman–Crippen LogP) is 6.54.